The molecule has 1 saturated heterocycles. The molecule has 0 aromatic rings. The van der Waals surface area contributed by atoms with Gasteiger partial charge in [0, 0.05) is 12.8 Å². The molecule has 0 amide bonds. The maximum absolute atomic E-state index is 10.2. The Morgan fingerprint density at radius 3 is 2.28 bits per heavy atom. The molecule has 0 aromatic carbocycles. The molecule has 2 saturated carbocycles. The van der Waals surface area contributed by atoms with Crippen molar-refractivity contribution in [1.29, 1.82) is 0 Å². The molecule has 104 valence electrons. The fraction of sp³-hybridized carbons (Fsp3) is 1.00. The molecule has 4 heteroatoms. The van der Waals surface area contributed by atoms with Gasteiger partial charge >= 0.3 is 0 Å². The van der Waals surface area contributed by atoms with Crippen LogP contribution in [0.25, 0.3) is 0 Å². The fourth-order valence-corrected chi connectivity index (χ4v) is 3.52. The predicted molar refractivity (Wildman–Crippen MR) is 66.2 cm³/mol. The maximum atomic E-state index is 10.2. The van der Waals surface area contributed by atoms with Gasteiger partial charge in [-0.15, -0.1) is 0 Å². The molecule has 3 fully saturated rings. The topological polar surface area (TPSA) is 47.9 Å². The highest BCUT2D eigenvalue weighted by atomic mass is 16.7. The highest BCUT2D eigenvalue weighted by Gasteiger charge is 2.43. The van der Waals surface area contributed by atoms with E-state index in [-0.39, 0.29) is 18.0 Å². The fourth-order valence-electron chi connectivity index (χ4n) is 3.52. The molecular weight excluding hydrogens is 232 g/mol. The van der Waals surface area contributed by atoms with Crippen LogP contribution in [0, 0.1) is 0 Å². The number of ether oxygens (including phenoxy) is 3. The van der Waals surface area contributed by atoms with Crippen LogP contribution in [0.2, 0.25) is 0 Å². The quantitative estimate of drug-likeness (QED) is 0.821. The van der Waals surface area contributed by atoms with Crippen molar-refractivity contribution < 1.29 is 19.3 Å². The first kappa shape index (κ1) is 12.9. The van der Waals surface area contributed by atoms with Gasteiger partial charge in [0.05, 0.1) is 31.0 Å². The van der Waals surface area contributed by atoms with Crippen molar-refractivity contribution in [1.82, 2.24) is 0 Å². The van der Waals surface area contributed by atoms with Crippen LogP contribution < -0.4 is 0 Å². The lowest BCUT2D eigenvalue weighted by Gasteiger charge is -2.37. The first-order chi connectivity index (χ1) is 8.60. The smallest absolute Gasteiger partial charge is 0.168 e. The third kappa shape index (κ3) is 2.44. The van der Waals surface area contributed by atoms with Crippen LogP contribution >= 0.6 is 0 Å². The molecule has 0 aromatic heterocycles. The summed E-state index contributed by atoms with van der Waals surface area (Å²) in [6.07, 6.45) is 7.00. The van der Waals surface area contributed by atoms with E-state index in [0.717, 1.165) is 58.2 Å². The van der Waals surface area contributed by atoms with Crippen molar-refractivity contribution in [2.24, 2.45) is 0 Å². The summed E-state index contributed by atoms with van der Waals surface area (Å²) in [6, 6.07) is 0. The molecule has 2 unspecified atom stereocenters. The number of hydrogen-bond donors (Lipinski definition) is 1. The summed E-state index contributed by atoms with van der Waals surface area (Å²) in [7, 11) is 0. The summed E-state index contributed by atoms with van der Waals surface area (Å²) in [5.74, 6) is -0.307. The van der Waals surface area contributed by atoms with E-state index in [1.54, 1.807) is 0 Å². The lowest BCUT2D eigenvalue weighted by atomic mass is 9.91. The van der Waals surface area contributed by atoms with Crippen molar-refractivity contribution in [2.75, 3.05) is 13.2 Å². The average molecular weight is 256 g/mol. The molecule has 3 rings (SSSR count). The zero-order valence-corrected chi connectivity index (χ0v) is 11.2. The Bertz CT molecular complexity index is 286. The Morgan fingerprint density at radius 2 is 1.72 bits per heavy atom. The molecule has 1 aliphatic heterocycles. The molecule has 4 nitrogen and oxygen atoms in total. The molecule has 1 N–H and O–H groups in total. The highest BCUT2D eigenvalue weighted by Crippen LogP contribution is 2.39. The number of aliphatic hydroxyl groups is 1. The lowest BCUT2D eigenvalue weighted by molar-refractivity contribution is -0.202. The molecule has 18 heavy (non-hydrogen) atoms. The molecule has 0 radical (unpaired) electrons. The van der Waals surface area contributed by atoms with E-state index in [4.69, 9.17) is 14.2 Å². The van der Waals surface area contributed by atoms with E-state index in [0.29, 0.717) is 0 Å². The van der Waals surface area contributed by atoms with Crippen LogP contribution in [0.4, 0.5) is 0 Å². The van der Waals surface area contributed by atoms with Crippen molar-refractivity contribution >= 4 is 0 Å². The highest BCUT2D eigenvalue weighted by molar-refractivity contribution is 4.91. The molecule has 3 aliphatic rings. The summed E-state index contributed by atoms with van der Waals surface area (Å²) >= 11 is 0. The third-order valence-corrected chi connectivity index (χ3v) is 4.71. The standard InChI is InChI=1S/C14H24O4/c1-13(15)6-2-3-12(13)18-11-4-7-14(8-5-11)16-9-10-17-14/h11-12,15H,2-10H2,1H3. The summed E-state index contributed by atoms with van der Waals surface area (Å²) in [5.41, 5.74) is -0.629. The molecule has 2 aliphatic carbocycles. The SMILES string of the molecule is CC1(O)CCCC1OC1CCC2(CC1)OCCO2. The van der Waals surface area contributed by atoms with E-state index in [1.807, 2.05) is 6.92 Å². The first-order valence-corrected chi connectivity index (χ1v) is 7.25. The largest absolute Gasteiger partial charge is 0.387 e. The van der Waals surface area contributed by atoms with Crippen LogP contribution in [0.15, 0.2) is 0 Å². The van der Waals surface area contributed by atoms with E-state index in [1.165, 1.54) is 0 Å². The Hall–Kier alpha value is -0.160. The molecular formula is C14H24O4. The van der Waals surface area contributed by atoms with Gasteiger partial charge in [0.1, 0.15) is 0 Å². The Balaban J connectivity index is 1.51. The van der Waals surface area contributed by atoms with E-state index in [9.17, 15) is 5.11 Å². The summed E-state index contributed by atoms with van der Waals surface area (Å²) < 4.78 is 17.5. The normalized spacial score (nSPS) is 40.7. The first-order valence-electron chi connectivity index (χ1n) is 7.25. The average Bonchev–Trinajstić information content (AvgIpc) is 2.91. The monoisotopic (exact) mass is 256 g/mol. The van der Waals surface area contributed by atoms with Crippen molar-refractivity contribution in [3.8, 4) is 0 Å². The van der Waals surface area contributed by atoms with Gasteiger partial charge in [-0.1, -0.05) is 0 Å². The second-order valence-corrected chi connectivity index (χ2v) is 6.18. The van der Waals surface area contributed by atoms with Crippen LogP contribution in [0.1, 0.15) is 51.9 Å². The number of rotatable bonds is 2. The third-order valence-electron chi connectivity index (χ3n) is 4.71. The van der Waals surface area contributed by atoms with Crippen LogP contribution in [-0.4, -0.2) is 41.9 Å². The van der Waals surface area contributed by atoms with Gasteiger partial charge in [0.2, 0.25) is 0 Å². The van der Waals surface area contributed by atoms with Gasteiger partial charge in [-0.05, 0) is 39.0 Å². The molecule has 1 heterocycles. The molecule has 0 bridgehead atoms. The van der Waals surface area contributed by atoms with E-state index < -0.39 is 5.60 Å². The zero-order chi connectivity index (χ0) is 12.6. The predicted octanol–water partition coefficient (Wildman–Crippen LogP) is 1.99. The maximum Gasteiger partial charge on any atom is 0.168 e. The van der Waals surface area contributed by atoms with Crippen molar-refractivity contribution in [2.45, 2.75) is 75.5 Å². The van der Waals surface area contributed by atoms with Gasteiger partial charge in [-0.3, -0.25) is 0 Å². The Kier molecular flexibility index (Phi) is 3.39. The minimum Gasteiger partial charge on any atom is -0.387 e. The summed E-state index contributed by atoms with van der Waals surface area (Å²) in [6.45, 7) is 3.35. The van der Waals surface area contributed by atoms with E-state index in [2.05, 4.69) is 0 Å². The minimum absolute atomic E-state index is 0.0157. The summed E-state index contributed by atoms with van der Waals surface area (Å²) in [5, 5.41) is 10.2. The number of hydrogen-bond acceptors (Lipinski definition) is 4. The Morgan fingerprint density at radius 1 is 1.06 bits per heavy atom. The second-order valence-electron chi connectivity index (χ2n) is 6.18. The molecule has 2 atom stereocenters. The van der Waals surface area contributed by atoms with E-state index >= 15 is 0 Å². The summed E-state index contributed by atoms with van der Waals surface area (Å²) in [4.78, 5) is 0. The van der Waals surface area contributed by atoms with Gasteiger partial charge < -0.3 is 19.3 Å². The Labute approximate surface area is 109 Å². The van der Waals surface area contributed by atoms with Gasteiger partial charge in [0.15, 0.2) is 5.79 Å². The van der Waals surface area contributed by atoms with Gasteiger partial charge in [0.25, 0.3) is 0 Å². The van der Waals surface area contributed by atoms with Crippen molar-refractivity contribution in [3.05, 3.63) is 0 Å². The van der Waals surface area contributed by atoms with Gasteiger partial charge in [-0.25, -0.2) is 0 Å². The van der Waals surface area contributed by atoms with Crippen LogP contribution in [0.5, 0.6) is 0 Å². The van der Waals surface area contributed by atoms with Crippen LogP contribution in [0.3, 0.4) is 0 Å². The van der Waals surface area contributed by atoms with Crippen LogP contribution in [-0.2, 0) is 14.2 Å². The lowest BCUT2D eigenvalue weighted by Crippen LogP contribution is -2.42. The minimum atomic E-state index is -0.629. The molecule has 1 spiro atoms. The van der Waals surface area contributed by atoms with Crippen molar-refractivity contribution in [3.63, 3.8) is 0 Å². The zero-order valence-electron chi connectivity index (χ0n) is 11.2. The van der Waals surface area contributed by atoms with Gasteiger partial charge in [-0.2, -0.15) is 0 Å². The second kappa shape index (κ2) is 4.75.